The second-order valence-electron chi connectivity index (χ2n) is 9.60. The third-order valence-electron chi connectivity index (χ3n) is 7.27. The summed E-state index contributed by atoms with van der Waals surface area (Å²) in [5.74, 6) is 4.17. The van der Waals surface area contributed by atoms with Gasteiger partial charge >= 0.3 is 0 Å². The van der Waals surface area contributed by atoms with Crippen molar-refractivity contribution >= 4 is 0 Å². The highest BCUT2D eigenvalue weighted by molar-refractivity contribution is 5.20. The Morgan fingerprint density at radius 2 is 1.70 bits per heavy atom. The van der Waals surface area contributed by atoms with Gasteiger partial charge in [-0.05, 0) is 76.1 Å². The van der Waals surface area contributed by atoms with Crippen LogP contribution in [0.5, 0.6) is 0 Å². The summed E-state index contributed by atoms with van der Waals surface area (Å²) in [5.41, 5.74) is 1.54. The first-order chi connectivity index (χ1) is 14.6. The molecule has 2 saturated heterocycles. The largest absolute Gasteiger partial charge is 0.317 e. The van der Waals surface area contributed by atoms with Crippen molar-refractivity contribution < 1.29 is 0 Å². The predicted octanol–water partition coefficient (Wildman–Crippen LogP) is 4.52. The molecule has 0 spiro atoms. The molecule has 1 N–H and O–H groups in total. The van der Waals surface area contributed by atoms with Crippen molar-refractivity contribution in [1.82, 2.24) is 25.0 Å². The van der Waals surface area contributed by atoms with E-state index in [2.05, 4.69) is 76.1 Å². The Kier molecular flexibility index (Phi) is 7.21. The molecule has 1 aromatic carbocycles. The Morgan fingerprint density at radius 3 is 2.37 bits per heavy atom. The summed E-state index contributed by atoms with van der Waals surface area (Å²) in [6.07, 6.45) is 6.32. The van der Waals surface area contributed by atoms with Crippen LogP contribution in [-0.2, 0) is 0 Å². The van der Waals surface area contributed by atoms with Gasteiger partial charge < -0.3 is 14.8 Å². The number of hydrogen-bond donors (Lipinski definition) is 1. The first kappa shape index (κ1) is 21.5. The topological polar surface area (TPSA) is 46.0 Å². The Morgan fingerprint density at radius 1 is 1.00 bits per heavy atom. The zero-order valence-electron chi connectivity index (χ0n) is 19.1. The maximum atomic E-state index is 4.45. The average molecular weight is 410 g/mol. The second kappa shape index (κ2) is 10.1. The molecule has 1 aromatic heterocycles. The molecule has 30 heavy (non-hydrogen) atoms. The third kappa shape index (κ3) is 4.94. The molecule has 0 radical (unpaired) electrons. The molecule has 2 fully saturated rings. The normalized spacial score (nSPS) is 20.7. The number of nitrogens with one attached hydrogen (secondary N) is 1. The van der Waals surface area contributed by atoms with Crippen LogP contribution in [0.15, 0.2) is 30.3 Å². The predicted molar refractivity (Wildman–Crippen MR) is 123 cm³/mol. The summed E-state index contributed by atoms with van der Waals surface area (Å²) in [5, 5.41) is 12.4. The molecule has 1 unspecified atom stereocenters. The number of aryl methyl sites for hydroxylation is 1. The van der Waals surface area contributed by atoms with Gasteiger partial charge in [0.05, 0.1) is 0 Å². The van der Waals surface area contributed by atoms with Crippen LogP contribution in [-0.4, -0.2) is 52.4 Å². The lowest BCUT2D eigenvalue weighted by molar-refractivity contribution is 0.170. The van der Waals surface area contributed by atoms with Gasteiger partial charge in [0.15, 0.2) is 0 Å². The van der Waals surface area contributed by atoms with Gasteiger partial charge in [0.2, 0.25) is 0 Å². The molecule has 5 nitrogen and oxygen atoms in total. The number of nitrogens with zero attached hydrogens (tertiary/aromatic N) is 4. The lowest BCUT2D eigenvalue weighted by Gasteiger charge is -2.36. The monoisotopic (exact) mass is 409 g/mol. The Bertz CT molecular complexity index is 770. The van der Waals surface area contributed by atoms with E-state index < -0.39 is 0 Å². The molecule has 2 aromatic rings. The van der Waals surface area contributed by atoms with E-state index in [0.29, 0.717) is 17.9 Å². The van der Waals surface area contributed by atoms with Crippen molar-refractivity contribution in [3.05, 3.63) is 47.5 Å². The van der Waals surface area contributed by atoms with E-state index in [0.717, 1.165) is 17.6 Å². The van der Waals surface area contributed by atoms with Crippen molar-refractivity contribution in [3.8, 4) is 0 Å². The van der Waals surface area contributed by atoms with E-state index in [1.807, 2.05) is 0 Å². The smallest absolute Gasteiger partial charge is 0.135 e. The zero-order valence-corrected chi connectivity index (χ0v) is 19.1. The highest BCUT2D eigenvalue weighted by Gasteiger charge is 2.28. The zero-order chi connectivity index (χ0) is 20.9. The maximum absolute atomic E-state index is 4.45. The molecule has 0 saturated carbocycles. The fraction of sp³-hybridized carbons (Fsp3) is 0.680. The summed E-state index contributed by atoms with van der Waals surface area (Å²) >= 11 is 0. The molecule has 0 amide bonds. The Hall–Kier alpha value is -1.72. The Balaban J connectivity index is 1.35. The van der Waals surface area contributed by atoms with Crippen LogP contribution in [0.3, 0.4) is 0 Å². The van der Waals surface area contributed by atoms with Gasteiger partial charge in [0, 0.05) is 25.0 Å². The van der Waals surface area contributed by atoms with Crippen LogP contribution in [0.25, 0.3) is 0 Å². The lowest BCUT2D eigenvalue weighted by atomic mass is 9.78. The molecule has 3 heterocycles. The van der Waals surface area contributed by atoms with Gasteiger partial charge in [-0.1, -0.05) is 44.2 Å². The second-order valence-corrected chi connectivity index (χ2v) is 9.60. The van der Waals surface area contributed by atoms with Crippen molar-refractivity contribution in [3.63, 3.8) is 0 Å². The number of benzene rings is 1. The van der Waals surface area contributed by atoms with E-state index in [9.17, 15) is 0 Å². The van der Waals surface area contributed by atoms with Gasteiger partial charge in [0.1, 0.15) is 11.6 Å². The summed E-state index contributed by atoms with van der Waals surface area (Å²) in [7, 11) is 0. The van der Waals surface area contributed by atoms with Gasteiger partial charge in [-0.15, -0.1) is 10.2 Å². The van der Waals surface area contributed by atoms with Crippen LogP contribution in [0, 0.1) is 12.8 Å². The van der Waals surface area contributed by atoms with E-state index >= 15 is 0 Å². The van der Waals surface area contributed by atoms with Crippen molar-refractivity contribution in [1.29, 1.82) is 0 Å². The first-order valence-corrected chi connectivity index (χ1v) is 12.0. The van der Waals surface area contributed by atoms with Crippen LogP contribution < -0.4 is 5.32 Å². The number of hydrogen-bond acceptors (Lipinski definition) is 4. The molecule has 2 aliphatic heterocycles. The van der Waals surface area contributed by atoms with E-state index in [-0.39, 0.29) is 0 Å². The standard InChI is InChI=1S/C25H39N5/c1-19(2)25-28-27-20(3)30(25)23-11-16-29(17-12-23)18-13-24(21-7-5-4-6-8-21)22-9-14-26-15-10-22/h4-8,19,22-24,26H,9-18H2,1-3H3. The van der Waals surface area contributed by atoms with Crippen LogP contribution in [0.2, 0.25) is 0 Å². The highest BCUT2D eigenvalue weighted by Crippen LogP contribution is 2.35. The Labute approximate surface area is 182 Å². The number of aromatic nitrogens is 3. The molecule has 2 aliphatic rings. The van der Waals surface area contributed by atoms with Crippen LogP contribution in [0.4, 0.5) is 0 Å². The molecule has 0 bridgehead atoms. The molecule has 5 heteroatoms. The van der Waals surface area contributed by atoms with Crippen LogP contribution >= 0.6 is 0 Å². The minimum Gasteiger partial charge on any atom is -0.317 e. The summed E-state index contributed by atoms with van der Waals surface area (Å²) in [6.45, 7) is 12.5. The van der Waals surface area contributed by atoms with Gasteiger partial charge in [-0.25, -0.2) is 0 Å². The number of rotatable bonds is 7. The van der Waals surface area contributed by atoms with E-state index in [1.165, 1.54) is 64.8 Å². The van der Waals surface area contributed by atoms with Gasteiger partial charge in [0.25, 0.3) is 0 Å². The first-order valence-electron chi connectivity index (χ1n) is 12.0. The molecule has 164 valence electrons. The summed E-state index contributed by atoms with van der Waals surface area (Å²) < 4.78 is 2.42. The SMILES string of the molecule is Cc1nnc(C(C)C)n1C1CCN(CCC(c2ccccc2)C2CCNCC2)CC1. The fourth-order valence-electron chi connectivity index (χ4n) is 5.57. The molecular weight excluding hydrogens is 370 g/mol. The third-order valence-corrected chi connectivity index (χ3v) is 7.27. The minimum atomic E-state index is 0.431. The molecule has 4 rings (SSSR count). The van der Waals surface area contributed by atoms with E-state index in [4.69, 9.17) is 0 Å². The molecular formula is C25H39N5. The average Bonchev–Trinajstić information content (AvgIpc) is 3.18. The lowest BCUT2D eigenvalue weighted by Crippen LogP contribution is -2.37. The number of piperidine rings is 2. The molecule has 1 atom stereocenters. The van der Waals surface area contributed by atoms with Crippen molar-refractivity contribution in [2.45, 2.75) is 70.8 Å². The fourth-order valence-corrected chi connectivity index (χ4v) is 5.57. The van der Waals surface area contributed by atoms with Gasteiger partial charge in [-0.3, -0.25) is 0 Å². The minimum absolute atomic E-state index is 0.431. The maximum Gasteiger partial charge on any atom is 0.135 e. The van der Waals surface area contributed by atoms with Crippen LogP contribution in [0.1, 0.15) is 81.0 Å². The summed E-state index contributed by atoms with van der Waals surface area (Å²) in [6, 6.07) is 11.8. The van der Waals surface area contributed by atoms with Gasteiger partial charge in [-0.2, -0.15) is 0 Å². The number of likely N-dealkylation sites (tertiary alicyclic amines) is 1. The van der Waals surface area contributed by atoms with Crippen molar-refractivity contribution in [2.24, 2.45) is 5.92 Å². The van der Waals surface area contributed by atoms with Crippen molar-refractivity contribution in [2.75, 3.05) is 32.7 Å². The summed E-state index contributed by atoms with van der Waals surface area (Å²) in [4.78, 5) is 2.70. The van der Waals surface area contributed by atoms with E-state index in [1.54, 1.807) is 5.56 Å². The highest BCUT2D eigenvalue weighted by atomic mass is 15.3. The quantitative estimate of drug-likeness (QED) is 0.730. The molecule has 0 aliphatic carbocycles.